The summed E-state index contributed by atoms with van der Waals surface area (Å²) in [5, 5.41) is 14.9. The smallest absolute Gasteiger partial charge is 0.263 e. The summed E-state index contributed by atoms with van der Waals surface area (Å²) >= 11 is 0. The fourth-order valence-corrected chi connectivity index (χ4v) is 1.74. The minimum atomic E-state index is -0.356. The molecule has 0 aromatic heterocycles. The number of rotatable bonds is 7. The standard InChI is InChI=1S/C17H23N3O2/c1-12(2)10-20-17(21)15(9-18)11-19-13(3)14-5-7-16(22-4)8-6-14/h5-8,11-13,19H,10H2,1-4H3,(H,20,21)/b15-11-. The van der Waals surface area contributed by atoms with Crippen LogP contribution in [0.3, 0.4) is 0 Å². The van der Waals surface area contributed by atoms with Crippen molar-refractivity contribution in [3.05, 3.63) is 41.6 Å². The quantitative estimate of drug-likeness (QED) is 0.599. The molecule has 22 heavy (non-hydrogen) atoms. The molecule has 0 saturated heterocycles. The van der Waals surface area contributed by atoms with E-state index in [4.69, 9.17) is 10.00 Å². The highest BCUT2D eigenvalue weighted by Crippen LogP contribution is 2.17. The van der Waals surface area contributed by atoms with Crippen LogP contribution in [0.1, 0.15) is 32.4 Å². The molecule has 0 fully saturated rings. The Morgan fingerprint density at radius 2 is 1.95 bits per heavy atom. The summed E-state index contributed by atoms with van der Waals surface area (Å²) < 4.78 is 5.11. The van der Waals surface area contributed by atoms with E-state index in [0.29, 0.717) is 12.5 Å². The van der Waals surface area contributed by atoms with Crippen LogP contribution in [-0.4, -0.2) is 19.6 Å². The molecule has 0 heterocycles. The Hall–Kier alpha value is -2.48. The van der Waals surface area contributed by atoms with Gasteiger partial charge >= 0.3 is 0 Å². The first-order valence-electron chi connectivity index (χ1n) is 7.26. The molecule has 0 radical (unpaired) electrons. The lowest BCUT2D eigenvalue weighted by Crippen LogP contribution is -2.29. The van der Waals surface area contributed by atoms with E-state index in [2.05, 4.69) is 10.6 Å². The largest absolute Gasteiger partial charge is 0.497 e. The molecule has 1 amide bonds. The third-order valence-electron chi connectivity index (χ3n) is 3.13. The molecule has 1 atom stereocenters. The van der Waals surface area contributed by atoms with E-state index in [1.54, 1.807) is 7.11 Å². The minimum absolute atomic E-state index is 0.0212. The van der Waals surface area contributed by atoms with E-state index in [-0.39, 0.29) is 17.5 Å². The average molecular weight is 301 g/mol. The molecule has 0 saturated carbocycles. The first-order chi connectivity index (χ1) is 10.5. The van der Waals surface area contributed by atoms with Gasteiger partial charge in [0.2, 0.25) is 0 Å². The number of hydrogen-bond acceptors (Lipinski definition) is 4. The van der Waals surface area contributed by atoms with Crippen LogP contribution >= 0.6 is 0 Å². The maximum atomic E-state index is 11.9. The van der Waals surface area contributed by atoms with Gasteiger partial charge in [-0.05, 0) is 30.5 Å². The highest BCUT2D eigenvalue weighted by atomic mass is 16.5. The minimum Gasteiger partial charge on any atom is -0.497 e. The molecule has 0 aliphatic carbocycles. The van der Waals surface area contributed by atoms with E-state index in [1.165, 1.54) is 6.20 Å². The third kappa shape index (κ3) is 5.49. The second-order valence-electron chi connectivity index (χ2n) is 5.44. The summed E-state index contributed by atoms with van der Waals surface area (Å²) in [4.78, 5) is 11.9. The zero-order chi connectivity index (χ0) is 16.5. The normalized spacial score (nSPS) is 12.5. The summed E-state index contributed by atoms with van der Waals surface area (Å²) in [6.45, 7) is 6.51. The van der Waals surface area contributed by atoms with Crippen LogP contribution in [0.2, 0.25) is 0 Å². The number of methoxy groups -OCH3 is 1. The number of carbonyl (C=O) groups excluding carboxylic acids is 1. The fraction of sp³-hybridized carbons (Fsp3) is 0.412. The Morgan fingerprint density at radius 3 is 2.45 bits per heavy atom. The lowest BCUT2D eigenvalue weighted by Gasteiger charge is -2.13. The van der Waals surface area contributed by atoms with E-state index in [0.717, 1.165) is 11.3 Å². The third-order valence-corrected chi connectivity index (χ3v) is 3.13. The molecule has 0 spiro atoms. The zero-order valence-electron chi connectivity index (χ0n) is 13.5. The molecule has 1 rings (SSSR count). The van der Waals surface area contributed by atoms with Gasteiger partial charge in [0, 0.05) is 18.8 Å². The van der Waals surface area contributed by atoms with Crippen molar-refractivity contribution in [1.82, 2.24) is 10.6 Å². The van der Waals surface area contributed by atoms with Gasteiger partial charge in [0.1, 0.15) is 17.4 Å². The van der Waals surface area contributed by atoms with Crippen molar-refractivity contribution in [2.45, 2.75) is 26.8 Å². The topological polar surface area (TPSA) is 74.1 Å². The highest BCUT2D eigenvalue weighted by molar-refractivity contribution is 5.97. The first kappa shape index (κ1) is 17.6. The number of carbonyl (C=O) groups is 1. The van der Waals surface area contributed by atoms with Crippen LogP contribution < -0.4 is 15.4 Å². The lowest BCUT2D eigenvalue weighted by atomic mass is 10.1. The number of benzene rings is 1. The van der Waals surface area contributed by atoms with Crippen molar-refractivity contribution < 1.29 is 9.53 Å². The van der Waals surface area contributed by atoms with Gasteiger partial charge in [0.05, 0.1) is 7.11 Å². The number of amides is 1. The van der Waals surface area contributed by atoms with E-state index in [1.807, 2.05) is 51.1 Å². The van der Waals surface area contributed by atoms with Gasteiger partial charge in [-0.3, -0.25) is 4.79 Å². The fourth-order valence-electron chi connectivity index (χ4n) is 1.74. The first-order valence-corrected chi connectivity index (χ1v) is 7.26. The molecule has 5 heteroatoms. The van der Waals surface area contributed by atoms with Gasteiger partial charge in [-0.15, -0.1) is 0 Å². The molecule has 118 valence electrons. The summed E-state index contributed by atoms with van der Waals surface area (Å²) in [6.07, 6.45) is 1.46. The summed E-state index contributed by atoms with van der Waals surface area (Å²) in [5.74, 6) is 0.776. The van der Waals surface area contributed by atoms with Crippen LogP contribution in [0.25, 0.3) is 0 Å². The van der Waals surface area contributed by atoms with Crippen LogP contribution in [0, 0.1) is 17.2 Å². The second-order valence-corrected chi connectivity index (χ2v) is 5.44. The van der Waals surface area contributed by atoms with Gasteiger partial charge in [0.15, 0.2) is 0 Å². The second kappa shape index (κ2) is 8.73. The predicted molar refractivity (Wildman–Crippen MR) is 86.1 cm³/mol. The average Bonchev–Trinajstić information content (AvgIpc) is 2.53. The Balaban J connectivity index is 2.66. The zero-order valence-corrected chi connectivity index (χ0v) is 13.5. The monoisotopic (exact) mass is 301 g/mol. The predicted octanol–water partition coefficient (Wildman–Crippen LogP) is 2.53. The van der Waals surface area contributed by atoms with Gasteiger partial charge in [-0.1, -0.05) is 26.0 Å². The molecule has 5 nitrogen and oxygen atoms in total. The van der Waals surface area contributed by atoms with Crippen LogP contribution in [0.15, 0.2) is 36.0 Å². The Morgan fingerprint density at radius 1 is 1.32 bits per heavy atom. The molecule has 0 aliphatic heterocycles. The van der Waals surface area contributed by atoms with Crippen molar-refractivity contribution in [3.63, 3.8) is 0 Å². The van der Waals surface area contributed by atoms with Gasteiger partial charge < -0.3 is 15.4 Å². The molecule has 1 aromatic rings. The van der Waals surface area contributed by atoms with Gasteiger partial charge in [-0.2, -0.15) is 5.26 Å². The Labute approximate surface area is 132 Å². The Bertz CT molecular complexity index is 556. The summed E-state index contributed by atoms with van der Waals surface area (Å²) in [5.41, 5.74) is 1.11. The molecule has 0 bridgehead atoms. The summed E-state index contributed by atoms with van der Waals surface area (Å²) in [7, 11) is 1.62. The number of nitrogens with one attached hydrogen (secondary N) is 2. The number of ether oxygens (including phenoxy) is 1. The van der Waals surface area contributed by atoms with Crippen LogP contribution in [-0.2, 0) is 4.79 Å². The van der Waals surface area contributed by atoms with Gasteiger partial charge in [0.25, 0.3) is 5.91 Å². The van der Waals surface area contributed by atoms with E-state index >= 15 is 0 Å². The molecule has 1 unspecified atom stereocenters. The number of hydrogen-bond donors (Lipinski definition) is 2. The van der Waals surface area contributed by atoms with Crippen molar-refractivity contribution in [1.29, 1.82) is 5.26 Å². The van der Waals surface area contributed by atoms with Crippen molar-refractivity contribution in [3.8, 4) is 11.8 Å². The van der Waals surface area contributed by atoms with Crippen LogP contribution in [0.5, 0.6) is 5.75 Å². The van der Waals surface area contributed by atoms with Crippen LogP contribution in [0.4, 0.5) is 0 Å². The molecular formula is C17H23N3O2. The van der Waals surface area contributed by atoms with E-state index < -0.39 is 0 Å². The van der Waals surface area contributed by atoms with Crippen molar-refractivity contribution in [2.24, 2.45) is 5.92 Å². The maximum absolute atomic E-state index is 11.9. The SMILES string of the molecule is COc1ccc(C(C)N/C=C(/C#N)C(=O)NCC(C)C)cc1. The maximum Gasteiger partial charge on any atom is 0.263 e. The van der Waals surface area contributed by atoms with Crippen molar-refractivity contribution >= 4 is 5.91 Å². The lowest BCUT2D eigenvalue weighted by molar-refractivity contribution is -0.117. The number of nitriles is 1. The number of nitrogens with zero attached hydrogens (tertiary/aromatic N) is 1. The molecular weight excluding hydrogens is 278 g/mol. The molecule has 1 aromatic carbocycles. The summed E-state index contributed by atoms with van der Waals surface area (Å²) in [6, 6.07) is 9.52. The van der Waals surface area contributed by atoms with E-state index in [9.17, 15) is 4.79 Å². The molecule has 2 N–H and O–H groups in total. The highest BCUT2D eigenvalue weighted by Gasteiger charge is 2.10. The van der Waals surface area contributed by atoms with Gasteiger partial charge in [-0.25, -0.2) is 0 Å². The molecule has 0 aliphatic rings. The Kier molecular flexibility index (Phi) is 6.97. The van der Waals surface area contributed by atoms with Crippen molar-refractivity contribution in [2.75, 3.05) is 13.7 Å².